The maximum atomic E-state index is 13.9. The molecule has 2 N–H and O–H groups in total. The highest BCUT2D eigenvalue weighted by molar-refractivity contribution is 7.89. The number of benzene rings is 1. The first-order valence-electron chi connectivity index (χ1n) is 6.19. The van der Waals surface area contributed by atoms with Crippen molar-refractivity contribution in [3.8, 4) is 0 Å². The molecule has 1 heterocycles. The lowest BCUT2D eigenvalue weighted by Gasteiger charge is -2.31. The molecular formula is C12H14ClFN2O4S. The van der Waals surface area contributed by atoms with Crippen LogP contribution in [-0.2, 0) is 10.0 Å². The van der Waals surface area contributed by atoms with E-state index >= 15 is 0 Å². The number of rotatable bonds is 3. The van der Waals surface area contributed by atoms with Gasteiger partial charge in [-0.2, -0.15) is 4.31 Å². The van der Waals surface area contributed by atoms with E-state index in [0.717, 1.165) is 10.4 Å². The van der Waals surface area contributed by atoms with E-state index in [1.807, 2.05) is 6.92 Å². The van der Waals surface area contributed by atoms with Gasteiger partial charge in [-0.3, -0.25) is 0 Å². The highest BCUT2D eigenvalue weighted by Crippen LogP contribution is 2.26. The molecule has 0 unspecified atom stereocenters. The Hall–Kier alpha value is -1.22. The van der Waals surface area contributed by atoms with Gasteiger partial charge in [-0.05, 0) is 19.1 Å². The van der Waals surface area contributed by atoms with Crippen LogP contribution in [0.1, 0.15) is 17.3 Å². The summed E-state index contributed by atoms with van der Waals surface area (Å²) in [7, 11) is -4.10. The second kappa shape index (κ2) is 5.88. The number of nitrogens with zero attached hydrogens (tertiary/aromatic N) is 1. The number of piperazine rings is 1. The summed E-state index contributed by atoms with van der Waals surface area (Å²) in [5.74, 6) is -2.47. The fourth-order valence-electron chi connectivity index (χ4n) is 2.15. The minimum absolute atomic E-state index is 0.0668. The van der Waals surface area contributed by atoms with E-state index in [0.29, 0.717) is 12.6 Å². The van der Waals surface area contributed by atoms with Gasteiger partial charge in [0.2, 0.25) is 10.0 Å². The molecule has 21 heavy (non-hydrogen) atoms. The van der Waals surface area contributed by atoms with Crippen LogP contribution < -0.4 is 5.32 Å². The van der Waals surface area contributed by atoms with Crippen LogP contribution in [0, 0.1) is 5.82 Å². The maximum Gasteiger partial charge on any atom is 0.337 e. The molecule has 1 atom stereocenters. The van der Waals surface area contributed by atoms with Crippen LogP contribution in [0.25, 0.3) is 0 Å². The average Bonchev–Trinajstić information content (AvgIpc) is 2.37. The monoisotopic (exact) mass is 336 g/mol. The number of aromatic carboxylic acids is 1. The summed E-state index contributed by atoms with van der Waals surface area (Å²) < 4.78 is 40.0. The maximum absolute atomic E-state index is 13.9. The van der Waals surface area contributed by atoms with Crippen molar-refractivity contribution in [2.75, 3.05) is 19.6 Å². The molecule has 0 radical (unpaired) electrons. The van der Waals surface area contributed by atoms with Crippen LogP contribution in [-0.4, -0.2) is 49.5 Å². The number of hydrogen-bond donors (Lipinski definition) is 2. The highest BCUT2D eigenvalue weighted by Gasteiger charge is 2.32. The molecule has 0 bridgehead atoms. The summed E-state index contributed by atoms with van der Waals surface area (Å²) >= 11 is 5.62. The Kier molecular flexibility index (Phi) is 4.52. The third-order valence-corrected chi connectivity index (χ3v) is 5.39. The van der Waals surface area contributed by atoms with Crippen molar-refractivity contribution in [2.45, 2.75) is 17.9 Å². The predicted octanol–water partition coefficient (Wildman–Crippen LogP) is 1.16. The van der Waals surface area contributed by atoms with Crippen LogP contribution >= 0.6 is 11.6 Å². The largest absolute Gasteiger partial charge is 0.478 e. The standard InChI is InChI=1S/C12H14ClFN2O4S/c1-7-6-16(3-2-15-7)21(19,20)11-4-8(12(17)18)9(13)5-10(11)14/h4-5,7,15H,2-3,6H2,1H3,(H,17,18)/t7-/m0/s1. The molecule has 1 fully saturated rings. The van der Waals surface area contributed by atoms with Gasteiger partial charge in [0.15, 0.2) is 0 Å². The zero-order chi connectivity index (χ0) is 15.8. The van der Waals surface area contributed by atoms with Crippen LogP contribution in [0.15, 0.2) is 17.0 Å². The first kappa shape index (κ1) is 16.2. The lowest BCUT2D eigenvalue weighted by Crippen LogP contribution is -2.51. The summed E-state index contributed by atoms with van der Waals surface area (Å²) in [6.45, 7) is 2.63. The van der Waals surface area contributed by atoms with Gasteiger partial charge in [0, 0.05) is 25.7 Å². The van der Waals surface area contributed by atoms with Crippen molar-refractivity contribution in [2.24, 2.45) is 0 Å². The fraction of sp³-hybridized carbons (Fsp3) is 0.417. The Bertz CT molecular complexity index is 680. The first-order chi connectivity index (χ1) is 9.73. The number of halogens is 2. The highest BCUT2D eigenvalue weighted by atomic mass is 35.5. The predicted molar refractivity (Wildman–Crippen MR) is 74.6 cm³/mol. The van der Waals surface area contributed by atoms with Gasteiger partial charge in [-0.15, -0.1) is 0 Å². The average molecular weight is 337 g/mol. The molecule has 0 saturated carbocycles. The third kappa shape index (κ3) is 3.18. The molecule has 6 nitrogen and oxygen atoms in total. The Morgan fingerprint density at radius 3 is 2.76 bits per heavy atom. The lowest BCUT2D eigenvalue weighted by molar-refractivity contribution is 0.0696. The summed E-state index contributed by atoms with van der Waals surface area (Å²) in [4.78, 5) is 10.3. The molecule has 1 aromatic carbocycles. The van der Waals surface area contributed by atoms with E-state index in [4.69, 9.17) is 16.7 Å². The molecule has 0 amide bonds. The summed E-state index contributed by atoms with van der Waals surface area (Å²) in [5, 5.41) is 11.7. The van der Waals surface area contributed by atoms with Crippen molar-refractivity contribution in [1.29, 1.82) is 0 Å². The topological polar surface area (TPSA) is 86.7 Å². The number of hydrogen-bond acceptors (Lipinski definition) is 4. The Balaban J connectivity index is 2.49. The zero-order valence-corrected chi connectivity index (χ0v) is 12.7. The molecular weight excluding hydrogens is 323 g/mol. The zero-order valence-electron chi connectivity index (χ0n) is 11.1. The molecule has 0 aliphatic carbocycles. The van der Waals surface area contributed by atoms with Gasteiger partial charge < -0.3 is 10.4 Å². The Morgan fingerprint density at radius 2 is 2.19 bits per heavy atom. The number of carboxylic acid groups (broad SMARTS) is 1. The van der Waals surface area contributed by atoms with Crippen molar-refractivity contribution in [1.82, 2.24) is 9.62 Å². The van der Waals surface area contributed by atoms with Crippen LogP contribution in [0.5, 0.6) is 0 Å². The lowest BCUT2D eigenvalue weighted by atomic mass is 10.2. The van der Waals surface area contributed by atoms with Crippen LogP contribution in [0.4, 0.5) is 4.39 Å². The van der Waals surface area contributed by atoms with Gasteiger partial charge in [0.05, 0.1) is 10.6 Å². The van der Waals surface area contributed by atoms with Crippen molar-refractivity contribution >= 4 is 27.6 Å². The van der Waals surface area contributed by atoms with Crippen molar-refractivity contribution in [3.05, 3.63) is 28.5 Å². The van der Waals surface area contributed by atoms with E-state index in [9.17, 15) is 17.6 Å². The molecule has 1 aromatic rings. The molecule has 2 rings (SSSR count). The minimum Gasteiger partial charge on any atom is -0.478 e. The molecule has 1 aliphatic heterocycles. The van der Waals surface area contributed by atoms with Gasteiger partial charge in [0.25, 0.3) is 0 Å². The van der Waals surface area contributed by atoms with E-state index in [1.54, 1.807) is 0 Å². The van der Waals surface area contributed by atoms with Crippen LogP contribution in [0.2, 0.25) is 5.02 Å². The molecule has 1 saturated heterocycles. The van der Waals surface area contributed by atoms with E-state index in [1.165, 1.54) is 0 Å². The second-order valence-corrected chi connectivity index (χ2v) is 7.10. The third-order valence-electron chi connectivity index (χ3n) is 3.20. The Morgan fingerprint density at radius 1 is 1.52 bits per heavy atom. The summed E-state index contributed by atoms with van der Waals surface area (Å²) in [6, 6.07) is 1.41. The Labute approximate surface area is 126 Å². The number of carboxylic acids is 1. The molecule has 9 heteroatoms. The number of nitrogens with one attached hydrogen (secondary N) is 1. The summed E-state index contributed by atoms with van der Waals surface area (Å²) in [6.07, 6.45) is 0. The van der Waals surface area contributed by atoms with E-state index in [-0.39, 0.29) is 24.2 Å². The van der Waals surface area contributed by atoms with Gasteiger partial charge in [-0.25, -0.2) is 17.6 Å². The van der Waals surface area contributed by atoms with Gasteiger partial charge in [0.1, 0.15) is 10.7 Å². The quantitative estimate of drug-likeness (QED) is 0.865. The van der Waals surface area contributed by atoms with Crippen molar-refractivity contribution < 1.29 is 22.7 Å². The van der Waals surface area contributed by atoms with Gasteiger partial charge >= 0.3 is 5.97 Å². The van der Waals surface area contributed by atoms with Gasteiger partial charge in [-0.1, -0.05) is 11.6 Å². The normalized spacial score (nSPS) is 20.4. The fourth-order valence-corrected chi connectivity index (χ4v) is 3.98. The molecule has 116 valence electrons. The number of sulfonamides is 1. The number of carbonyl (C=O) groups is 1. The molecule has 0 aromatic heterocycles. The first-order valence-corrected chi connectivity index (χ1v) is 8.01. The smallest absolute Gasteiger partial charge is 0.337 e. The molecule has 1 aliphatic rings. The summed E-state index contributed by atoms with van der Waals surface area (Å²) in [5.41, 5.74) is -0.445. The van der Waals surface area contributed by atoms with Crippen LogP contribution in [0.3, 0.4) is 0 Å². The SMILES string of the molecule is C[C@H]1CN(S(=O)(=O)c2cc(C(=O)O)c(Cl)cc2F)CCN1. The van der Waals surface area contributed by atoms with Crippen molar-refractivity contribution in [3.63, 3.8) is 0 Å². The minimum atomic E-state index is -4.10. The van der Waals surface area contributed by atoms with E-state index < -0.39 is 32.3 Å². The second-order valence-electron chi connectivity index (χ2n) is 4.79. The van der Waals surface area contributed by atoms with E-state index in [2.05, 4.69) is 5.32 Å². The molecule has 0 spiro atoms.